The average Bonchev–Trinajstić information content (AvgIpc) is 3.54. The molecule has 184 valence electrons. The number of halogens is 1. The number of unbranched alkanes of at least 4 members (excludes halogenated alkanes) is 2. The lowest BCUT2D eigenvalue weighted by molar-refractivity contribution is -0.141. The van der Waals surface area contributed by atoms with E-state index >= 15 is 0 Å². The first-order chi connectivity index (χ1) is 16.8. The Kier molecular flexibility index (Phi) is 5.85. The van der Waals surface area contributed by atoms with Crippen molar-refractivity contribution in [2.45, 2.75) is 48.3 Å². The van der Waals surface area contributed by atoms with Crippen molar-refractivity contribution >= 4 is 52.5 Å². The monoisotopic (exact) mass is 532 g/mol. The van der Waals surface area contributed by atoms with Crippen molar-refractivity contribution in [2.24, 2.45) is 29.6 Å². The van der Waals surface area contributed by atoms with Gasteiger partial charge in [0, 0.05) is 34.0 Å². The molecule has 35 heavy (non-hydrogen) atoms. The molecule has 3 heterocycles. The van der Waals surface area contributed by atoms with E-state index in [9.17, 15) is 19.2 Å². The molecule has 2 bridgehead atoms. The lowest BCUT2D eigenvalue weighted by atomic mass is 9.68. The van der Waals surface area contributed by atoms with Crippen LogP contribution in [0.3, 0.4) is 0 Å². The average molecular weight is 533 g/mol. The Labute approximate surface area is 215 Å². The van der Waals surface area contributed by atoms with E-state index in [0.717, 1.165) is 21.9 Å². The number of amides is 2. The van der Waals surface area contributed by atoms with Crippen LogP contribution in [0.25, 0.3) is 0 Å². The highest BCUT2D eigenvalue weighted by Gasteiger charge is 2.69. The minimum atomic E-state index is -0.824. The van der Waals surface area contributed by atoms with Crippen molar-refractivity contribution in [3.8, 4) is 0 Å². The molecule has 2 amide bonds. The van der Waals surface area contributed by atoms with E-state index in [-0.39, 0.29) is 63.9 Å². The molecular weight excluding hydrogens is 508 g/mol. The van der Waals surface area contributed by atoms with Crippen molar-refractivity contribution in [3.05, 3.63) is 49.4 Å². The Hall–Kier alpha value is -2.10. The molecular formula is C25H25ClN2O5S2. The van der Waals surface area contributed by atoms with Crippen molar-refractivity contribution in [1.82, 2.24) is 9.88 Å². The topological polar surface area (TPSA) is 108 Å². The lowest BCUT2D eigenvalue weighted by Crippen LogP contribution is -2.42. The fourth-order valence-corrected chi connectivity index (χ4v) is 10.1. The summed E-state index contributed by atoms with van der Waals surface area (Å²) in [6.45, 7) is 0.369. The molecule has 0 radical (unpaired) electrons. The van der Waals surface area contributed by atoms with Crippen LogP contribution in [0.4, 0.5) is 0 Å². The molecule has 1 saturated heterocycles. The summed E-state index contributed by atoms with van der Waals surface area (Å²) in [5.41, 5.74) is 1.09. The van der Waals surface area contributed by atoms with Crippen LogP contribution in [0.2, 0.25) is 5.02 Å². The number of carbonyl (C=O) groups excluding carboxylic acids is 2. The van der Waals surface area contributed by atoms with Crippen LogP contribution in [-0.2, 0) is 14.4 Å². The predicted octanol–water partition coefficient (Wildman–Crippen LogP) is 4.21. The quantitative estimate of drug-likeness (QED) is 0.408. The highest BCUT2D eigenvalue weighted by atomic mass is 35.5. The van der Waals surface area contributed by atoms with Gasteiger partial charge in [0.05, 0.1) is 16.9 Å². The maximum Gasteiger partial charge on any atom is 0.305 e. The Morgan fingerprint density at radius 2 is 1.77 bits per heavy atom. The van der Waals surface area contributed by atoms with Gasteiger partial charge in [0.1, 0.15) is 0 Å². The number of H-pyrrole nitrogens is 1. The second kappa shape index (κ2) is 8.78. The third-order valence-corrected chi connectivity index (χ3v) is 11.2. The summed E-state index contributed by atoms with van der Waals surface area (Å²) in [5, 5.41) is 10.5. The van der Waals surface area contributed by atoms with Crippen molar-refractivity contribution < 1.29 is 19.5 Å². The van der Waals surface area contributed by atoms with Crippen LogP contribution in [0, 0.1) is 29.6 Å². The first-order valence-electron chi connectivity index (χ1n) is 12.1. The summed E-state index contributed by atoms with van der Waals surface area (Å²) in [5.74, 6) is -1.12. The maximum atomic E-state index is 13.5. The number of carbonyl (C=O) groups is 3. The van der Waals surface area contributed by atoms with Gasteiger partial charge in [0.15, 0.2) is 0 Å². The molecule has 10 heteroatoms. The molecule has 2 aromatic rings. The van der Waals surface area contributed by atoms with Crippen LogP contribution in [0.5, 0.6) is 0 Å². The highest BCUT2D eigenvalue weighted by Crippen LogP contribution is 2.68. The van der Waals surface area contributed by atoms with Gasteiger partial charge >= 0.3 is 10.8 Å². The molecule has 3 fully saturated rings. The Morgan fingerprint density at radius 1 is 1.06 bits per heavy atom. The number of fused-ring (bicyclic) bond motifs is 9. The van der Waals surface area contributed by atoms with E-state index in [0.29, 0.717) is 30.8 Å². The number of aromatic nitrogens is 1. The molecule has 0 unspecified atom stereocenters. The van der Waals surface area contributed by atoms with Gasteiger partial charge in [-0.2, -0.15) is 0 Å². The summed E-state index contributed by atoms with van der Waals surface area (Å²) >= 11 is 9.09. The summed E-state index contributed by atoms with van der Waals surface area (Å²) in [6.07, 6.45) is 2.83. The number of aromatic amines is 1. The fourth-order valence-electron chi connectivity index (χ4n) is 7.07. The molecule has 2 saturated carbocycles. The minimum Gasteiger partial charge on any atom is -0.481 e. The van der Waals surface area contributed by atoms with Crippen LogP contribution in [0.1, 0.15) is 48.5 Å². The van der Waals surface area contributed by atoms with Gasteiger partial charge in [-0.05, 0) is 54.7 Å². The lowest BCUT2D eigenvalue weighted by Gasteiger charge is -2.43. The standard InChI is InChI=1S/C25H25ClN2O5S2/c26-12-7-5-11(6-8-12)16-17-13-10-14(20(17)34-22-21(16)35-25(33)27-22)19-18(13)23(31)28(24(19)32)9-3-1-2-4-15(29)30/h5-8,13-14,16-20H,1-4,9-10H2,(H,27,33)(H,29,30)/t13-,14+,16-,17+,18+,19+,20-/m0/s1. The zero-order valence-corrected chi connectivity index (χ0v) is 21.2. The summed E-state index contributed by atoms with van der Waals surface area (Å²) in [6, 6.07) is 7.77. The first kappa shape index (κ1) is 23.3. The van der Waals surface area contributed by atoms with Crippen molar-refractivity contribution in [1.29, 1.82) is 0 Å². The Bertz CT molecular complexity index is 1260. The number of likely N-dealkylation sites (tertiary alicyclic amines) is 1. The van der Waals surface area contributed by atoms with E-state index in [2.05, 4.69) is 4.98 Å². The number of rotatable bonds is 7. The third kappa shape index (κ3) is 3.69. The number of thioether (sulfide) groups is 1. The summed E-state index contributed by atoms with van der Waals surface area (Å²) < 4.78 is 0. The number of carboxylic acid groups (broad SMARTS) is 1. The number of hydrogen-bond acceptors (Lipinski definition) is 6. The molecule has 7 atom stereocenters. The second-order valence-electron chi connectivity index (χ2n) is 10.0. The SMILES string of the molecule is O=C(O)CCCCCN1C(=O)[C@@H]2[C@H]3C[C@@H]([C@@H]4Sc5[nH]c(=O)sc5[C@@H](c5ccc(Cl)cc5)[C@@H]34)[C@H]2C1=O. The molecule has 1 aromatic heterocycles. The largest absolute Gasteiger partial charge is 0.481 e. The second-order valence-corrected chi connectivity index (χ2v) is 12.7. The number of carboxylic acids is 1. The first-order valence-corrected chi connectivity index (χ1v) is 14.1. The molecule has 7 nitrogen and oxygen atoms in total. The zero-order valence-electron chi connectivity index (χ0n) is 18.8. The zero-order chi connectivity index (χ0) is 24.4. The van der Waals surface area contributed by atoms with Gasteiger partial charge in [-0.25, -0.2) is 0 Å². The van der Waals surface area contributed by atoms with Crippen LogP contribution in [-0.4, -0.2) is 44.6 Å². The predicted molar refractivity (Wildman–Crippen MR) is 133 cm³/mol. The number of thiazole rings is 1. The maximum absolute atomic E-state index is 13.5. The van der Waals surface area contributed by atoms with E-state index in [4.69, 9.17) is 16.7 Å². The number of nitrogens with zero attached hydrogens (tertiary/aromatic N) is 1. The van der Waals surface area contributed by atoms with Crippen LogP contribution < -0.4 is 4.87 Å². The molecule has 0 spiro atoms. The number of aliphatic carboxylic acids is 1. The smallest absolute Gasteiger partial charge is 0.305 e. The van der Waals surface area contributed by atoms with Gasteiger partial charge < -0.3 is 10.1 Å². The van der Waals surface area contributed by atoms with Gasteiger partial charge in [-0.1, -0.05) is 41.5 Å². The van der Waals surface area contributed by atoms with E-state index in [1.54, 1.807) is 11.8 Å². The summed E-state index contributed by atoms with van der Waals surface area (Å²) in [4.78, 5) is 55.4. The number of benzene rings is 1. The fraction of sp³-hybridized carbons (Fsp3) is 0.520. The van der Waals surface area contributed by atoms with Crippen molar-refractivity contribution in [3.63, 3.8) is 0 Å². The van der Waals surface area contributed by atoms with Crippen LogP contribution >= 0.6 is 34.7 Å². The van der Waals surface area contributed by atoms with E-state index in [1.807, 2.05) is 24.3 Å². The van der Waals surface area contributed by atoms with Gasteiger partial charge in [-0.15, -0.1) is 11.8 Å². The molecule has 4 aliphatic rings. The third-order valence-electron chi connectivity index (χ3n) is 8.32. The molecule has 2 aliphatic heterocycles. The normalized spacial score (nSPS) is 32.6. The van der Waals surface area contributed by atoms with Crippen molar-refractivity contribution in [2.75, 3.05) is 6.54 Å². The van der Waals surface area contributed by atoms with Crippen LogP contribution in [0.15, 0.2) is 34.1 Å². The molecule has 2 N–H and O–H groups in total. The minimum absolute atomic E-state index is 0.00128. The molecule has 6 rings (SSSR count). The van der Waals surface area contributed by atoms with Gasteiger partial charge in [0.25, 0.3) is 0 Å². The van der Waals surface area contributed by atoms with E-state index < -0.39 is 5.97 Å². The number of nitrogens with one attached hydrogen (secondary N) is 1. The van der Waals surface area contributed by atoms with Gasteiger partial charge in [0.2, 0.25) is 11.8 Å². The Balaban J connectivity index is 1.28. The number of hydrogen-bond donors (Lipinski definition) is 2. The highest BCUT2D eigenvalue weighted by molar-refractivity contribution is 8.00. The number of imide groups is 1. The summed E-state index contributed by atoms with van der Waals surface area (Å²) in [7, 11) is 0. The molecule has 1 aromatic carbocycles. The molecule has 2 aliphatic carbocycles. The Morgan fingerprint density at radius 3 is 2.49 bits per heavy atom. The van der Waals surface area contributed by atoms with Gasteiger partial charge in [-0.3, -0.25) is 24.1 Å². The van der Waals surface area contributed by atoms with E-state index in [1.165, 1.54) is 16.2 Å².